The minimum absolute atomic E-state index is 0.355. The third-order valence-corrected chi connectivity index (χ3v) is 2.33. The highest BCUT2D eigenvalue weighted by Crippen LogP contribution is 2.04. The summed E-state index contributed by atoms with van der Waals surface area (Å²) in [5.74, 6) is -0.849. The molecule has 1 atom stereocenters. The number of carboxylic acid groups (broad SMARTS) is 1. The van der Waals surface area contributed by atoms with E-state index in [1.807, 2.05) is 4.90 Å². The molecular formula is C10H22N2O4. The van der Waals surface area contributed by atoms with Gasteiger partial charge in [0, 0.05) is 27.3 Å². The van der Waals surface area contributed by atoms with Crippen LogP contribution < -0.4 is 5.73 Å². The molecule has 0 rings (SSSR count). The van der Waals surface area contributed by atoms with E-state index in [0.29, 0.717) is 39.3 Å². The molecule has 0 aliphatic heterocycles. The van der Waals surface area contributed by atoms with Gasteiger partial charge >= 0.3 is 5.97 Å². The standard InChI is InChI=1S/C10H22N2O4/c1-15-7-5-12(6-8-16-2)9(3-4-11)10(13)14/h9H,3-8,11H2,1-2H3,(H,13,14). The molecule has 96 valence electrons. The SMILES string of the molecule is COCCN(CCOC)C(CCN)C(=O)O. The average molecular weight is 234 g/mol. The summed E-state index contributed by atoms with van der Waals surface area (Å²) < 4.78 is 9.91. The number of methoxy groups -OCH3 is 2. The van der Waals surface area contributed by atoms with Gasteiger partial charge in [-0.25, -0.2) is 0 Å². The van der Waals surface area contributed by atoms with Gasteiger partial charge in [0.25, 0.3) is 0 Å². The summed E-state index contributed by atoms with van der Waals surface area (Å²) in [6.07, 6.45) is 0.433. The number of ether oxygens (including phenoxy) is 2. The van der Waals surface area contributed by atoms with Crippen molar-refractivity contribution in [2.45, 2.75) is 12.5 Å². The molecule has 1 unspecified atom stereocenters. The van der Waals surface area contributed by atoms with Crippen LogP contribution in [0.15, 0.2) is 0 Å². The van der Waals surface area contributed by atoms with Crippen molar-refractivity contribution in [3.63, 3.8) is 0 Å². The molecule has 0 radical (unpaired) electrons. The fraction of sp³-hybridized carbons (Fsp3) is 0.900. The molecule has 0 aliphatic rings. The van der Waals surface area contributed by atoms with Crippen molar-refractivity contribution in [1.82, 2.24) is 4.90 Å². The third kappa shape index (κ3) is 6.02. The van der Waals surface area contributed by atoms with Crippen molar-refractivity contribution in [3.05, 3.63) is 0 Å². The quantitative estimate of drug-likeness (QED) is 0.524. The van der Waals surface area contributed by atoms with Crippen LogP contribution in [0.2, 0.25) is 0 Å². The number of carbonyl (C=O) groups is 1. The minimum Gasteiger partial charge on any atom is -0.480 e. The van der Waals surface area contributed by atoms with Crippen molar-refractivity contribution in [2.75, 3.05) is 47.1 Å². The van der Waals surface area contributed by atoms with E-state index in [1.165, 1.54) is 0 Å². The zero-order valence-corrected chi connectivity index (χ0v) is 10.0. The Morgan fingerprint density at radius 1 is 1.31 bits per heavy atom. The maximum absolute atomic E-state index is 11.1. The summed E-state index contributed by atoms with van der Waals surface area (Å²) in [5, 5.41) is 9.09. The van der Waals surface area contributed by atoms with Gasteiger partial charge in [0.2, 0.25) is 0 Å². The van der Waals surface area contributed by atoms with Gasteiger partial charge in [0.05, 0.1) is 13.2 Å². The Kier molecular flexibility index (Phi) is 9.12. The summed E-state index contributed by atoms with van der Waals surface area (Å²) in [4.78, 5) is 12.9. The van der Waals surface area contributed by atoms with Gasteiger partial charge < -0.3 is 20.3 Å². The Bertz CT molecular complexity index is 182. The molecule has 0 amide bonds. The van der Waals surface area contributed by atoms with Gasteiger partial charge in [0.1, 0.15) is 6.04 Å². The largest absolute Gasteiger partial charge is 0.480 e. The summed E-state index contributed by atoms with van der Waals surface area (Å²) in [7, 11) is 3.18. The van der Waals surface area contributed by atoms with Crippen LogP contribution in [0.1, 0.15) is 6.42 Å². The Labute approximate surface area is 96.3 Å². The first-order valence-corrected chi connectivity index (χ1v) is 5.32. The normalized spacial score (nSPS) is 13.0. The van der Waals surface area contributed by atoms with Gasteiger partial charge in [-0.1, -0.05) is 0 Å². The molecule has 16 heavy (non-hydrogen) atoms. The Hall–Kier alpha value is -0.690. The fourth-order valence-electron chi connectivity index (χ4n) is 1.46. The van der Waals surface area contributed by atoms with E-state index in [1.54, 1.807) is 14.2 Å². The lowest BCUT2D eigenvalue weighted by atomic mass is 10.1. The summed E-state index contributed by atoms with van der Waals surface area (Å²) in [5.41, 5.74) is 5.41. The Morgan fingerprint density at radius 3 is 2.12 bits per heavy atom. The zero-order chi connectivity index (χ0) is 12.4. The lowest BCUT2D eigenvalue weighted by Crippen LogP contribution is -2.45. The van der Waals surface area contributed by atoms with E-state index in [-0.39, 0.29) is 0 Å². The molecule has 0 aliphatic carbocycles. The maximum atomic E-state index is 11.1. The van der Waals surface area contributed by atoms with Crippen LogP contribution in [0.3, 0.4) is 0 Å². The second-order valence-electron chi connectivity index (χ2n) is 3.45. The molecule has 0 saturated heterocycles. The molecule has 0 saturated carbocycles. The van der Waals surface area contributed by atoms with E-state index < -0.39 is 12.0 Å². The van der Waals surface area contributed by atoms with E-state index in [0.717, 1.165) is 0 Å². The van der Waals surface area contributed by atoms with Crippen molar-refractivity contribution in [3.8, 4) is 0 Å². The number of rotatable bonds is 10. The van der Waals surface area contributed by atoms with Gasteiger partial charge in [-0.05, 0) is 13.0 Å². The number of nitrogens with two attached hydrogens (primary N) is 1. The molecule has 0 aromatic heterocycles. The van der Waals surface area contributed by atoms with Crippen molar-refractivity contribution < 1.29 is 19.4 Å². The monoisotopic (exact) mass is 234 g/mol. The predicted molar refractivity (Wildman–Crippen MR) is 60.4 cm³/mol. The Morgan fingerprint density at radius 2 is 1.81 bits per heavy atom. The summed E-state index contributed by atoms with van der Waals surface area (Å²) in [6, 6.07) is -0.560. The topological polar surface area (TPSA) is 85.0 Å². The predicted octanol–water partition coefficient (Wildman–Crippen LogP) is -0.617. The van der Waals surface area contributed by atoms with Crippen LogP contribution in [-0.2, 0) is 14.3 Å². The average Bonchev–Trinajstić information content (AvgIpc) is 2.26. The van der Waals surface area contributed by atoms with Crippen molar-refractivity contribution in [1.29, 1.82) is 0 Å². The van der Waals surface area contributed by atoms with Crippen LogP contribution in [0.5, 0.6) is 0 Å². The summed E-state index contributed by atoms with van der Waals surface area (Å²) >= 11 is 0. The van der Waals surface area contributed by atoms with Crippen molar-refractivity contribution in [2.24, 2.45) is 5.73 Å². The Balaban J connectivity index is 4.33. The van der Waals surface area contributed by atoms with Crippen LogP contribution in [-0.4, -0.2) is 69.1 Å². The molecule has 0 spiro atoms. The van der Waals surface area contributed by atoms with E-state index in [2.05, 4.69) is 0 Å². The molecule has 0 fully saturated rings. The molecular weight excluding hydrogens is 212 g/mol. The van der Waals surface area contributed by atoms with Gasteiger partial charge in [-0.3, -0.25) is 9.69 Å². The van der Waals surface area contributed by atoms with Crippen molar-refractivity contribution >= 4 is 5.97 Å². The van der Waals surface area contributed by atoms with Crippen LogP contribution in [0.25, 0.3) is 0 Å². The highest BCUT2D eigenvalue weighted by molar-refractivity contribution is 5.73. The van der Waals surface area contributed by atoms with Gasteiger partial charge in [-0.2, -0.15) is 0 Å². The second kappa shape index (κ2) is 9.53. The first-order chi connectivity index (χ1) is 7.67. The van der Waals surface area contributed by atoms with Crippen LogP contribution in [0.4, 0.5) is 0 Å². The minimum atomic E-state index is -0.849. The molecule has 3 N–H and O–H groups in total. The zero-order valence-electron chi connectivity index (χ0n) is 10.0. The number of carboxylic acids is 1. The highest BCUT2D eigenvalue weighted by Gasteiger charge is 2.24. The van der Waals surface area contributed by atoms with E-state index >= 15 is 0 Å². The third-order valence-electron chi connectivity index (χ3n) is 2.33. The molecule has 0 bridgehead atoms. The smallest absolute Gasteiger partial charge is 0.320 e. The maximum Gasteiger partial charge on any atom is 0.320 e. The summed E-state index contributed by atoms with van der Waals surface area (Å²) in [6.45, 7) is 2.48. The lowest BCUT2D eigenvalue weighted by molar-refractivity contribution is -0.144. The second-order valence-corrected chi connectivity index (χ2v) is 3.45. The molecule has 6 heteroatoms. The molecule has 0 aromatic carbocycles. The number of hydrogen-bond donors (Lipinski definition) is 2. The lowest BCUT2D eigenvalue weighted by Gasteiger charge is -2.27. The highest BCUT2D eigenvalue weighted by atomic mass is 16.5. The van der Waals surface area contributed by atoms with E-state index in [4.69, 9.17) is 20.3 Å². The molecule has 6 nitrogen and oxygen atoms in total. The number of aliphatic carboxylic acids is 1. The van der Waals surface area contributed by atoms with Gasteiger partial charge in [-0.15, -0.1) is 0 Å². The number of hydrogen-bond acceptors (Lipinski definition) is 5. The van der Waals surface area contributed by atoms with E-state index in [9.17, 15) is 4.79 Å². The van der Waals surface area contributed by atoms with Crippen LogP contribution >= 0.6 is 0 Å². The van der Waals surface area contributed by atoms with Crippen LogP contribution in [0, 0.1) is 0 Å². The first-order valence-electron chi connectivity index (χ1n) is 5.32. The number of nitrogens with zero attached hydrogens (tertiary/aromatic N) is 1. The molecule has 0 heterocycles. The molecule has 0 aromatic rings. The fourth-order valence-corrected chi connectivity index (χ4v) is 1.46. The first kappa shape index (κ1) is 15.3. The van der Waals surface area contributed by atoms with Gasteiger partial charge in [0.15, 0.2) is 0 Å².